The molecule has 2 nitrogen and oxygen atoms in total. The molecule has 0 aromatic rings. The van der Waals surface area contributed by atoms with Gasteiger partial charge in [0.25, 0.3) is 0 Å². The van der Waals surface area contributed by atoms with Crippen LogP contribution in [-0.2, 0) is 4.74 Å². The van der Waals surface area contributed by atoms with Crippen molar-refractivity contribution in [2.75, 3.05) is 6.61 Å². The number of hydrogen-bond donors (Lipinski definition) is 1. The summed E-state index contributed by atoms with van der Waals surface area (Å²) in [5.41, 5.74) is 6.60. The predicted octanol–water partition coefficient (Wildman–Crippen LogP) is 2.96. The standard InChI is InChI=1S/C14H27NO/c1-12(2,15)9-16-11-8-10-6-7-14(11,5)13(10,3)4/h10-11H,6-9,15H2,1-5H3/t10-,11-,14+/m1/s1. The highest BCUT2D eigenvalue weighted by atomic mass is 16.5. The predicted molar refractivity (Wildman–Crippen MR) is 67.2 cm³/mol. The third-order valence-electron chi connectivity index (χ3n) is 5.37. The molecule has 0 aliphatic heterocycles. The van der Waals surface area contributed by atoms with Crippen molar-refractivity contribution in [1.82, 2.24) is 0 Å². The summed E-state index contributed by atoms with van der Waals surface area (Å²) in [4.78, 5) is 0. The van der Waals surface area contributed by atoms with Gasteiger partial charge in [0.05, 0.1) is 12.7 Å². The van der Waals surface area contributed by atoms with E-state index in [4.69, 9.17) is 10.5 Å². The van der Waals surface area contributed by atoms with Gasteiger partial charge in [-0.3, -0.25) is 0 Å². The summed E-state index contributed by atoms with van der Waals surface area (Å²) in [6.07, 6.45) is 4.36. The summed E-state index contributed by atoms with van der Waals surface area (Å²) >= 11 is 0. The molecule has 0 aromatic carbocycles. The molecule has 2 aliphatic rings. The number of ether oxygens (including phenoxy) is 1. The lowest BCUT2D eigenvalue weighted by Crippen LogP contribution is -2.43. The molecule has 0 aromatic heterocycles. The Morgan fingerprint density at radius 1 is 1.31 bits per heavy atom. The molecular weight excluding hydrogens is 198 g/mol. The Hall–Kier alpha value is -0.0800. The topological polar surface area (TPSA) is 35.2 Å². The third kappa shape index (κ3) is 1.70. The minimum atomic E-state index is -0.206. The van der Waals surface area contributed by atoms with Crippen LogP contribution in [0.2, 0.25) is 0 Å². The van der Waals surface area contributed by atoms with Crippen LogP contribution in [0.3, 0.4) is 0 Å². The lowest BCUT2D eigenvalue weighted by atomic mass is 9.70. The molecule has 0 saturated heterocycles. The minimum Gasteiger partial charge on any atom is -0.376 e. The quantitative estimate of drug-likeness (QED) is 0.801. The van der Waals surface area contributed by atoms with E-state index in [1.165, 1.54) is 19.3 Å². The highest BCUT2D eigenvalue weighted by Gasteiger charge is 2.61. The largest absolute Gasteiger partial charge is 0.376 e. The fraction of sp³-hybridized carbons (Fsp3) is 1.00. The van der Waals surface area contributed by atoms with Gasteiger partial charge in [0.2, 0.25) is 0 Å². The maximum atomic E-state index is 6.11. The molecule has 0 spiro atoms. The first kappa shape index (κ1) is 12.4. The van der Waals surface area contributed by atoms with Gasteiger partial charge < -0.3 is 10.5 Å². The first-order valence-electron chi connectivity index (χ1n) is 6.57. The van der Waals surface area contributed by atoms with Gasteiger partial charge in [-0.1, -0.05) is 20.8 Å². The van der Waals surface area contributed by atoms with Gasteiger partial charge in [0.1, 0.15) is 0 Å². The highest BCUT2D eigenvalue weighted by Crippen LogP contribution is 2.66. The average molecular weight is 225 g/mol. The molecule has 0 amide bonds. The molecule has 2 heteroatoms. The number of hydrogen-bond acceptors (Lipinski definition) is 2. The minimum absolute atomic E-state index is 0.206. The molecule has 94 valence electrons. The average Bonchev–Trinajstić information content (AvgIpc) is 2.45. The summed E-state index contributed by atoms with van der Waals surface area (Å²) in [6, 6.07) is 0. The second kappa shape index (κ2) is 3.46. The van der Waals surface area contributed by atoms with Gasteiger partial charge >= 0.3 is 0 Å². The van der Waals surface area contributed by atoms with Gasteiger partial charge in [-0.2, -0.15) is 0 Å². The maximum Gasteiger partial charge on any atom is 0.0644 e. The Morgan fingerprint density at radius 2 is 1.94 bits per heavy atom. The van der Waals surface area contributed by atoms with E-state index in [1.54, 1.807) is 0 Å². The Balaban J connectivity index is 2.05. The smallest absolute Gasteiger partial charge is 0.0644 e. The van der Waals surface area contributed by atoms with E-state index in [2.05, 4.69) is 20.8 Å². The van der Waals surface area contributed by atoms with E-state index >= 15 is 0 Å². The number of rotatable bonds is 3. The Morgan fingerprint density at radius 3 is 2.31 bits per heavy atom. The summed E-state index contributed by atoms with van der Waals surface area (Å²) in [5.74, 6) is 0.850. The van der Waals surface area contributed by atoms with Crippen LogP contribution in [0.4, 0.5) is 0 Å². The van der Waals surface area contributed by atoms with Crippen LogP contribution in [0, 0.1) is 16.7 Å². The van der Waals surface area contributed by atoms with E-state index < -0.39 is 0 Å². The van der Waals surface area contributed by atoms with Crippen molar-refractivity contribution >= 4 is 0 Å². The number of fused-ring (bicyclic) bond motifs is 2. The first-order valence-corrected chi connectivity index (χ1v) is 6.57. The summed E-state index contributed by atoms with van der Waals surface area (Å²) < 4.78 is 6.11. The SMILES string of the molecule is CC(C)(N)CO[C@@H]1C[C@H]2CC[C@]1(C)C2(C)C. The lowest BCUT2D eigenvalue weighted by molar-refractivity contribution is -0.0591. The van der Waals surface area contributed by atoms with Crippen LogP contribution in [0.5, 0.6) is 0 Å². The fourth-order valence-corrected chi connectivity index (χ4v) is 3.70. The van der Waals surface area contributed by atoms with Crippen molar-refractivity contribution in [1.29, 1.82) is 0 Å². The van der Waals surface area contributed by atoms with E-state index in [0.29, 0.717) is 23.5 Å². The molecule has 2 aliphatic carbocycles. The Kier molecular flexibility index (Phi) is 2.67. The second-order valence-electron chi connectivity index (χ2n) is 7.40. The van der Waals surface area contributed by atoms with Crippen molar-refractivity contribution in [3.05, 3.63) is 0 Å². The van der Waals surface area contributed by atoms with Crippen LogP contribution in [0.1, 0.15) is 53.9 Å². The molecule has 3 atom stereocenters. The van der Waals surface area contributed by atoms with Gasteiger partial charge in [-0.25, -0.2) is 0 Å². The molecule has 2 N–H and O–H groups in total. The monoisotopic (exact) mass is 225 g/mol. The molecule has 0 radical (unpaired) electrons. The van der Waals surface area contributed by atoms with Crippen LogP contribution in [0.25, 0.3) is 0 Å². The van der Waals surface area contributed by atoms with Crippen molar-refractivity contribution in [3.8, 4) is 0 Å². The molecule has 2 saturated carbocycles. The zero-order valence-electron chi connectivity index (χ0n) is 11.5. The summed E-state index contributed by atoms with van der Waals surface area (Å²) in [5, 5.41) is 0. The fourth-order valence-electron chi connectivity index (χ4n) is 3.70. The van der Waals surface area contributed by atoms with Gasteiger partial charge in [0.15, 0.2) is 0 Å². The van der Waals surface area contributed by atoms with E-state index in [9.17, 15) is 0 Å². The van der Waals surface area contributed by atoms with Gasteiger partial charge in [-0.15, -0.1) is 0 Å². The van der Waals surface area contributed by atoms with Crippen LogP contribution < -0.4 is 5.73 Å². The zero-order chi connectivity index (χ0) is 12.2. The second-order valence-corrected chi connectivity index (χ2v) is 7.40. The molecule has 2 rings (SSSR count). The van der Waals surface area contributed by atoms with Crippen LogP contribution in [-0.4, -0.2) is 18.2 Å². The van der Waals surface area contributed by atoms with Crippen LogP contribution in [0.15, 0.2) is 0 Å². The van der Waals surface area contributed by atoms with Gasteiger partial charge in [0, 0.05) is 5.54 Å². The Labute approximate surface area is 99.9 Å². The molecule has 2 fully saturated rings. The van der Waals surface area contributed by atoms with E-state index in [1.807, 2.05) is 13.8 Å². The van der Waals surface area contributed by atoms with Gasteiger partial charge in [-0.05, 0) is 49.9 Å². The highest BCUT2D eigenvalue weighted by molar-refractivity contribution is 5.11. The molecule has 0 heterocycles. The van der Waals surface area contributed by atoms with Crippen molar-refractivity contribution in [3.63, 3.8) is 0 Å². The summed E-state index contributed by atoms with van der Waals surface area (Å²) in [6.45, 7) is 12.0. The number of nitrogens with two attached hydrogens (primary N) is 1. The third-order valence-corrected chi connectivity index (χ3v) is 5.37. The van der Waals surface area contributed by atoms with E-state index in [-0.39, 0.29) is 5.54 Å². The first-order chi connectivity index (χ1) is 7.17. The lowest BCUT2D eigenvalue weighted by Gasteiger charge is -2.39. The molecule has 0 unspecified atom stereocenters. The summed E-state index contributed by atoms with van der Waals surface area (Å²) in [7, 11) is 0. The van der Waals surface area contributed by atoms with Crippen molar-refractivity contribution < 1.29 is 4.74 Å². The molecule has 2 bridgehead atoms. The normalized spacial score (nSPS) is 41.6. The zero-order valence-corrected chi connectivity index (χ0v) is 11.5. The molecular formula is C14H27NO. The van der Waals surface area contributed by atoms with Crippen LogP contribution >= 0.6 is 0 Å². The van der Waals surface area contributed by atoms with Crippen molar-refractivity contribution in [2.24, 2.45) is 22.5 Å². The van der Waals surface area contributed by atoms with Crippen molar-refractivity contribution in [2.45, 2.75) is 65.5 Å². The molecule has 16 heavy (non-hydrogen) atoms. The maximum absolute atomic E-state index is 6.11. The van der Waals surface area contributed by atoms with E-state index in [0.717, 1.165) is 5.92 Å². The Bertz CT molecular complexity index is 279.